The summed E-state index contributed by atoms with van der Waals surface area (Å²) in [5, 5.41) is 0. The molecule has 4 atom stereocenters. The van der Waals surface area contributed by atoms with Crippen LogP contribution in [0.1, 0.15) is 27.7 Å². The van der Waals surface area contributed by atoms with Crippen molar-refractivity contribution in [2.75, 3.05) is 0 Å². The molecule has 0 aromatic carbocycles. The molecule has 0 bridgehead atoms. The van der Waals surface area contributed by atoms with Crippen LogP contribution < -0.4 is 0 Å². The Labute approximate surface area is 80.5 Å². The predicted molar refractivity (Wildman–Crippen MR) is 56.0 cm³/mol. The molecule has 15 heavy (non-hydrogen) atoms. The van der Waals surface area contributed by atoms with Gasteiger partial charge in [0.05, 0.1) is 0 Å². The van der Waals surface area contributed by atoms with Crippen LogP contribution in [0.2, 0.25) is 46.2 Å². The van der Waals surface area contributed by atoms with Crippen LogP contribution in [0.4, 0.5) is 0 Å². The van der Waals surface area contributed by atoms with E-state index in [4.69, 9.17) is 0 Å². The van der Waals surface area contributed by atoms with E-state index in [0.29, 0.717) is 0 Å². The average molecular weight is 242 g/mol. The third-order valence-corrected chi connectivity index (χ3v) is 67.5. The van der Waals surface area contributed by atoms with Gasteiger partial charge >= 0.3 is 80.4 Å². The molecular weight excluding hydrogens is 224 g/mol. The summed E-state index contributed by atoms with van der Waals surface area (Å²) in [7, 11) is 0. The topological polar surface area (TPSA) is 0 Å². The zero-order valence-electron chi connectivity index (χ0n) is 9.82. The monoisotopic (exact) mass is 242 g/mol. The fourth-order valence-corrected chi connectivity index (χ4v) is 107. The summed E-state index contributed by atoms with van der Waals surface area (Å²) in [6.45, 7) is 8.40. The Bertz CT molecular complexity index is 932. The number of fused-ring (bicyclic) bond motifs is 10. The fourth-order valence-electron chi connectivity index (χ4n) is 21.8. The van der Waals surface area contributed by atoms with Crippen LogP contribution >= 0.6 is 0 Å². The van der Waals surface area contributed by atoms with Gasteiger partial charge in [0, 0.05) is 0 Å². The summed E-state index contributed by atoms with van der Waals surface area (Å²) < 4.78 is 4.17. The molecule has 0 N–H and O–H groups in total. The summed E-state index contributed by atoms with van der Waals surface area (Å²) in [6.07, 6.45) is 0. The van der Waals surface area contributed by atoms with Gasteiger partial charge in [-0.05, 0) is 0 Å². The number of hydrogen-bond acceptors (Lipinski definition) is 0. The summed E-state index contributed by atoms with van der Waals surface area (Å²) in [6, 6.07) is 0. The van der Waals surface area contributed by atoms with Gasteiger partial charge in [0.25, 0.3) is 0 Å². The zero-order chi connectivity index (χ0) is 9.78. The van der Waals surface area contributed by atoms with Gasteiger partial charge in [-0.1, -0.05) is 0 Å². The van der Waals surface area contributed by atoms with E-state index in [1.165, 1.54) is 28.9 Å². The number of rotatable bonds is 0. The van der Waals surface area contributed by atoms with E-state index in [-0.39, 0.29) is 0 Å². The maximum atomic E-state index is 2.84. The van der Waals surface area contributed by atoms with E-state index in [1.54, 1.807) is 0 Å². The Morgan fingerprint density at radius 2 is 1.00 bits per heavy atom. The van der Waals surface area contributed by atoms with Crippen LogP contribution in [-0.2, 0) is 6.51 Å². The van der Waals surface area contributed by atoms with Crippen LogP contribution in [0, 0.1) is 0 Å². The van der Waals surface area contributed by atoms with E-state index in [1.807, 2.05) is 0 Å². The van der Waals surface area contributed by atoms with Gasteiger partial charge in [-0.15, -0.1) is 0 Å². The second-order valence-electron chi connectivity index (χ2n) is 11.3. The first kappa shape index (κ1) is 5.44. The molecule has 0 aliphatic carbocycles. The number of hydrogen-bond donors (Lipinski definition) is 0. The minimum atomic E-state index is -2.96. The second-order valence-corrected chi connectivity index (χ2v) is 34.9. The molecule has 0 radical (unpaired) electrons. The first-order valence-corrected chi connectivity index (χ1v) is 13.0. The van der Waals surface area contributed by atoms with Gasteiger partial charge in [0.2, 0.25) is 0 Å². The van der Waals surface area contributed by atoms with E-state index in [2.05, 4.69) is 27.7 Å². The summed E-state index contributed by atoms with van der Waals surface area (Å²) in [5.41, 5.74) is 0. The second kappa shape index (κ2) is 0.346. The molecule has 10 heterocycles. The van der Waals surface area contributed by atoms with E-state index in [9.17, 15) is 0 Å². The van der Waals surface area contributed by atoms with Crippen molar-refractivity contribution in [3.8, 4) is 0 Å². The van der Waals surface area contributed by atoms with Crippen molar-refractivity contribution in [1.29, 1.82) is 0 Å². The van der Waals surface area contributed by atoms with Crippen molar-refractivity contribution in [2.45, 2.75) is 73.8 Å². The first-order chi connectivity index (χ1) is 6.72. The molecule has 1 heteroatoms. The SMILES string of the molecule is C[C]12[CH]3[C]4(C)[C]5(C)[C]1(C)[Fe]32451678[CH]2[CH]1[CH]6[CH]7[CH]28. The van der Waals surface area contributed by atoms with Crippen molar-refractivity contribution < 1.29 is 6.51 Å². The third-order valence-electron chi connectivity index (χ3n) is 18.4. The molecule has 0 amide bonds. The van der Waals surface area contributed by atoms with Crippen molar-refractivity contribution in [3.05, 3.63) is 0 Å². The van der Waals surface area contributed by atoms with Crippen LogP contribution in [0.5, 0.6) is 0 Å². The molecule has 0 saturated carbocycles. The van der Waals surface area contributed by atoms with Crippen LogP contribution in [-0.4, -0.2) is 0 Å². The normalized spacial score (nSPS) is 149. The van der Waals surface area contributed by atoms with E-state index >= 15 is 0 Å². The van der Waals surface area contributed by atoms with Crippen LogP contribution in [0.25, 0.3) is 0 Å². The third kappa shape index (κ3) is 0.0349. The van der Waals surface area contributed by atoms with E-state index < -0.39 is 6.51 Å². The van der Waals surface area contributed by atoms with Gasteiger partial charge in [-0.3, -0.25) is 0 Å². The molecule has 10 fully saturated rings. The molecule has 10 rings (SSSR count). The van der Waals surface area contributed by atoms with Crippen LogP contribution in [0.3, 0.4) is 0 Å². The molecule has 0 nitrogen and oxygen atoms in total. The molecule has 10 aliphatic rings. The average Bonchev–Trinajstić information content (AvgIpc) is 3.14. The van der Waals surface area contributed by atoms with Crippen LogP contribution in [0.15, 0.2) is 0 Å². The fraction of sp³-hybridized carbons (Fsp3) is 1.00. The van der Waals surface area contributed by atoms with Crippen molar-refractivity contribution in [1.82, 2.24) is 0 Å². The first-order valence-electron chi connectivity index (χ1n) is 6.93. The Morgan fingerprint density at radius 1 is 0.667 bits per heavy atom. The molecule has 0 aromatic rings. The summed E-state index contributed by atoms with van der Waals surface area (Å²) >= 11 is 0. The Morgan fingerprint density at radius 3 is 1.00 bits per heavy atom. The van der Waals surface area contributed by atoms with Gasteiger partial charge in [0.1, 0.15) is 0 Å². The van der Waals surface area contributed by atoms with Gasteiger partial charge in [-0.25, -0.2) is 0 Å². The standard InChI is InChI=1S/C9H13.C5H5.Fe/c1-6-5-7(2)9(4)8(6)3;1-2-4-5-3-1;/h5H,1-4H3;1-5H;. The Kier molecular flexibility index (Phi) is 0.126. The Balaban J connectivity index is 2.06. The molecule has 82 valence electrons. The molecule has 1 spiro atoms. The van der Waals surface area contributed by atoms with Gasteiger partial charge < -0.3 is 0 Å². The van der Waals surface area contributed by atoms with Crippen molar-refractivity contribution >= 4 is 0 Å². The minimum absolute atomic E-state index is 1.03. The molecule has 4 unspecified atom stereocenters. The molecule has 0 aromatic heterocycles. The summed E-state index contributed by atoms with van der Waals surface area (Å²) in [4.78, 5) is 8.73. The van der Waals surface area contributed by atoms with Crippen molar-refractivity contribution in [3.63, 3.8) is 0 Å². The van der Waals surface area contributed by atoms with Crippen molar-refractivity contribution in [2.24, 2.45) is 0 Å². The quantitative estimate of drug-likeness (QED) is 0.528. The summed E-state index contributed by atoms with van der Waals surface area (Å²) in [5.74, 6) is 0. The maximum absolute atomic E-state index is 2.96. The molecule has 10 aliphatic heterocycles. The van der Waals surface area contributed by atoms with E-state index in [0.717, 1.165) is 17.3 Å². The predicted octanol–water partition coefficient (Wildman–Crippen LogP) is 4.94. The Hall–Kier alpha value is 0.519. The van der Waals surface area contributed by atoms with Gasteiger partial charge in [0.15, 0.2) is 0 Å². The van der Waals surface area contributed by atoms with Gasteiger partial charge in [-0.2, -0.15) is 0 Å². The molecular formula is C14H18Fe. The molecule has 10 saturated heterocycles. The zero-order valence-corrected chi connectivity index (χ0v) is 10.9.